The number of benzene rings is 1. The summed E-state index contributed by atoms with van der Waals surface area (Å²) in [5.41, 5.74) is 5.48. The van der Waals surface area contributed by atoms with Crippen molar-refractivity contribution in [3.05, 3.63) is 35.4 Å². The first-order valence-corrected chi connectivity index (χ1v) is 11.6. The molecule has 32 heavy (non-hydrogen) atoms. The van der Waals surface area contributed by atoms with E-state index < -0.39 is 5.97 Å². The van der Waals surface area contributed by atoms with Gasteiger partial charge in [0.1, 0.15) is 0 Å². The SMILES string of the molecule is C[C@@H]1CN(N=Cc2ccc(C3CC(CN4CCN(CC(=O)O)CC4)ON3)cc2)C[C@H](C)O1. The molecule has 9 nitrogen and oxygen atoms in total. The maximum atomic E-state index is 10.9. The number of nitrogens with zero attached hydrogens (tertiary/aromatic N) is 4. The van der Waals surface area contributed by atoms with Gasteiger partial charge in [0.05, 0.1) is 50.2 Å². The average molecular weight is 446 g/mol. The summed E-state index contributed by atoms with van der Waals surface area (Å²) >= 11 is 0. The number of hydrogen-bond donors (Lipinski definition) is 2. The van der Waals surface area contributed by atoms with Crippen LogP contribution in [0.1, 0.15) is 37.4 Å². The molecule has 0 amide bonds. The molecule has 4 rings (SSSR count). The fourth-order valence-corrected chi connectivity index (χ4v) is 4.67. The van der Waals surface area contributed by atoms with Gasteiger partial charge in [-0.15, -0.1) is 0 Å². The molecular formula is C23H35N5O4. The second-order valence-corrected chi connectivity index (χ2v) is 9.16. The van der Waals surface area contributed by atoms with Crippen LogP contribution in [0, 0.1) is 0 Å². The zero-order valence-electron chi connectivity index (χ0n) is 19.0. The predicted octanol–water partition coefficient (Wildman–Crippen LogP) is 1.17. The van der Waals surface area contributed by atoms with E-state index in [1.54, 1.807) is 0 Å². The number of piperazine rings is 1. The van der Waals surface area contributed by atoms with Crippen LogP contribution in [0.25, 0.3) is 0 Å². The van der Waals surface area contributed by atoms with Gasteiger partial charge in [-0.3, -0.25) is 24.4 Å². The van der Waals surface area contributed by atoms with E-state index in [1.807, 2.05) is 11.1 Å². The molecule has 3 heterocycles. The van der Waals surface area contributed by atoms with Crippen LogP contribution in [0.4, 0.5) is 0 Å². The molecule has 3 saturated heterocycles. The molecule has 0 radical (unpaired) electrons. The van der Waals surface area contributed by atoms with Crippen LogP contribution in [-0.2, 0) is 14.4 Å². The number of carboxylic acids is 1. The van der Waals surface area contributed by atoms with E-state index in [1.165, 1.54) is 5.56 Å². The minimum Gasteiger partial charge on any atom is -0.480 e. The summed E-state index contributed by atoms with van der Waals surface area (Å²) in [6.45, 7) is 10.1. The Labute approximate surface area is 189 Å². The third kappa shape index (κ3) is 6.49. The normalized spacial score (nSPS) is 30.2. The first-order valence-electron chi connectivity index (χ1n) is 11.6. The van der Waals surface area contributed by atoms with Crippen molar-refractivity contribution < 1.29 is 19.5 Å². The number of nitrogens with one attached hydrogen (secondary N) is 1. The monoisotopic (exact) mass is 445 g/mol. The molecule has 176 valence electrons. The molecule has 1 aromatic carbocycles. The van der Waals surface area contributed by atoms with Gasteiger partial charge in [0.25, 0.3) is 0 Å². The molecule has 0 saturated carbocycles. The molecule has 4 atom stereocenters. The standard InChI is InChI=1S/C23H35N5O4/c1-17-13-28(14-18(2)31-17)24-12-19-3-5-20(6-4-19)22-11-21(32-25-22)15-26-7-9-27(10-8-26)16-23(29)30/h3-6,12,17-18,21-22,25H,7-11,13-16H2,1-2H3,(H,29,30)/t17-,18+,21?,22?. The Morgan fingerprint density at radius 3 is 2.44 bits per heavy atom. The Kier molecular flexibility index (Phi) is 7.75. The Bertz CT molecular complexity index is 771. The summed E-state index contributed by atoms with van der Waals surface area (Å²) in [6.07, 6.45) is 3.38. The number of rotatable bonds is 7. The number of hydroxylamine groups is 1. The molecule has 1 aromatic rings. The maximum absolute atomic E-state index is 10.9. The average Bonchev–Trinajstić information content (AvgIpc) is 3.21. The van der Waals surface area contributed by atoms with Gasteiger partial charge in [-0.1, -0.05) is 24.3 Å². The van der Waals surface area contributed by atoms with Crippen molar-refractivity contribution >= 4 is 12.2 Å². The van der Waals surface area contributed by atoms with Crippen LogP contribution in [0.2, 0.25) is 0 Å². The molecule has 0 aromatic heterocycles. The van der Waals surface area contributed by atoms with Gasteiger partial charge in [0.2, 0.25) is 0 Å². The van der Waals surface area contributed by atoms with Crippen molar-refractivity contribution in [1.82, 2.24) is 20.3 Å². The Morgan fingerprint density at radius 1 is 1.12 bits per heavy atom. The van der Waals surface area contributed by atoms with E-state index in [2.05, 4.69) is 58.6 Å². The highest BCUT2D eigenvalue weighted by atomic mass is 16.7. The molecule has 3 fully saturated rings. The predicted molar refractivity (Wildman–Crippen MR) is 122 cm³/mol. The van der Waals surface area contributed by atoms with Crippen molar-refractivity contribution in [3.8, 4) is 0 Å². The van der Waals surface area contributed by atoms with Crippen LogP contribution in [0.3, 0.4) is 0 Å². The molecule has 0 aliphatic carbocycles. The van der Waals surface area contributed by atoms with Crippen molar-refractivity contribution in [1.29, 1.82) is 0 Å². The summed E-state index contributed by atoms with van der Waals surface area (Å²) in [5, 5.41) is 15.6. The third-order valence-electron chi connectivity index (χ3n) is 6.27. The first-order chi connectivity index (χ1) is 15.4. The fraction of sp³-hybridized carbons (Fsp3) is 0.652. The smallest absolute Gasteiger partial charge is 0.317 e. The Hall–Kier alpha value is -2.04. The molecule has 2 unspecified atom stereocenters. The van der Waals surface area contributed by atoms with Crippen LogP contribution in [0.5, 0.6) is 0 Å². The van der Waals surface area contributed by atoms with Gasteiger partial charge in [-0.2, -0.15) is 10.6 Å². The highest BCUT2D eigenvalue weighted by Crippen LogP contribution is 2.26. The summed E-state index contributed by atoms with van der Waals surface area (Å²) in [6, 6.07) is 8.66. The lowest BCUT2D eigenvalue weighted by molar-refractivity contribution is -0.138. The highest BCUT2D eigenvalue weighted by molar-refractivity contribution is 5.79. The molecule has 3 aliphatic heterocycles. The first kappa shape index (κ1) is 23.1. The lowest BCUT2D eigenvalue weighted by Gasteiger charge is -2.34. The lowest BCUT2D eigenvalue weighted by atomic mass is 10.0. The number of hydrazone groups is 1. The van der Waals surface area contributed by atoms with Crippen LogP contribution < -0.4 is 5.48 Å². The van der Waals surface area contributed by atoms with Crippen LogP contribution in [-0.4, -0.2) is 103 Å². The van der Waals surface area contributed by atoms with E-state index in [9.17, 15) is 4.79 Å². The topological polar surface area (TPSA) is 89.9 Å². The maximum Gasteiger partial charge on any atom is 0.317 e. The summed E-state index contributed by atoms with van der Waals surface area (Å²) < 4.78 is 5.76. The fourth-order valence-electron chi connectivity index (χ4n) is 4.67. The van der Waals surface area contributed by atoms with Crippen molar-refractivity contribution in [3.63, 3.8) is 0 Å². The summed E-state index contributed by atoms with van der Waals surface area (Å²) in [4.78, 5) is 21.0. The highest BCUT2D eigenvalue weighted by Gasteiger charge is 2.29. The number of carbonyl (C=O) groups is 1. The Balaban J connectivity index is 1.22. The molecular weight excluding hydrogens is 410 g/mol. The summed E-state index contributed by atoms with van der Waals surface area (Å²) in [7, 11) is 0. The quantitative estimate of drug-likeness (QED) is 0.605. The lowest BCUT2D eigenvalue weighted by Crippen LogP contribution is -2.49. The van der Waals surface area contributed by atoms with Gasteiger partial charge in [0.15, 0.2) is 0 Å². The van der Waals surface area contributed by atoms with Crippen molar-refractivity contribution in [2.24, 2.45) is 5.10 Å². The Morgan fingerprint density at radius 2 is 1.78 bits per heavy atom. The number of morpholine rings is 1. The van der Waals surface area contributed by atoms with Gasteiger partial charge in [-0.05, 0) is 31.4 Å². The molecule has 2 N–H and O–H groups in total. The number of hydrogen-bond acceptors (Lipinski definition) is 8. The zero-order chi connectivity index (χ0) is 22.5. The molecule has 9 heteroatoms. The van der Waals surface area contributed by atoms with E-state index in [0.29, 0.717) is 0 Å². The zero-order valence-corrected chi connectivity index (χ0v) is 19.0. The second kappa shape index (κ2) is 10.7. The second-order valence-electron chi connectivity index (χ2n) is 9.16. The molecule has 0 spiro atoms. The van der Waals surface area contributed by atoms with Gasteiger partial charge < -0.3 is 9.84 Å². The van der Waals surface area contributed by atoms with E-state index in [0.717, 1.165) is 57.8 Å². The van der Waals surface area contributed by atoms with E-state index in [-0.39, 0.29) is 30.9 Å². The minimum atomic E-state index is -0.757. The minimum absolute atomic E-state index is 0.128. The molecule has 0 bridgehead atoms. The number of ether oxygens (including phenoxy) is 1. The van der Waals surface area contributed by atoms with Crippen LogP contribution in [0.15, 0.2) is 29.4 Å². The van der Waals surface area contributed by atoms with E-state index >= 15 is 0 Å². The summed E-state index contributed by atoms with van der Waals surface area (Å²) in [5.74, 6) is -0.757. The number of carboxylic acid groups (broad SMARTS) is 1. The van der Waals surface area contributed by atoms with E-state index in [4.69, 9.17) is 14.7 Å². The third-order valence-corrected chi connectivity index (χ3v) is 6.27. The van der Waals surface area contributed by atoms with Gasteiger partial charge >= 0.3 is 5.97 Å². The van der Waals surface area contributed by atoms with Crippen molar-refractivity contribution in [2.75, 3.05) is 52.4 Å². The number of aliphatic carboxylic acids is 1. The van der Waals surface area contributed by atoms with Crippen LogP contribution >= 0.6 is 0 Å². The largest absolute Gasteiger partial charge is 0.480 e. The van der Waals surface area contributed by atoms with Gasteiger partial charge in [-0.25, -0.2) is 0 Å². The van der Waals surface area contributed by atoms with Crippen molar-refractivity contribution in [2.45, 2.75) is 44.6 Å². The molecule has 3 aliphatic rings. The van der Waals surface area contributed by atoms with Gasteiger partial charge in [0, 0.05) is 32.7 Å².